The molecule has 1 amide bonds. The lowest BCUT2D eigenvalue weighted by Gasteiger charge is -2.32. The van der Waals surface area contributed by atoms with Gasteiger partial charge < -0.3 is 18.9 Å². The van der Waals surface area contributed by atoms with Gasteiger partial charge >= 0.3 is 13.2 Å². The number of carbonyl (C=O) groups is 2. The third-order valence-corrected chi connectivity index (χ3v) is 6.67. The Kier molecular flexibility index (Phi) is 5.86. The third kappa shape index (κ3) is 4.29. The van der Waals surface area contributed by atoms with Gasteiger partial charge in [0.05, 0.1) is 24.3 Å². The standard InChI is InChI=1S/C24H29BN2O5/c1-16-18(7-6-8-19(16)25-31-23(2,3)24(4,5)32-25)13-21(28)20-10-9-17(14-26-20)15-27-11-12-30-22(27)29/h6-10,14H,11-13,15H2,1-5H3. The van der Waals surface area contributed by atoms with Gasteiger partial charge in [-0.15, -0.1) is 0 Å². The van der Waals surface area contributed by atoms with E-state index >= 15 is 0 Å². The number of Topliss-reactive ketones (excluding diaryl/α,β-unsaturated/α-hetero) is 1. The lowest BCUT2D eigenvalue weighted by atomic mass is 9.74. The third-order valence-electron chi connectivity index (χ3n) is 6.67. The Morgan fingerprint density at radius 2 is 1.84 bits per heavy atom. The van der Waals surface area contributed by atoms with E-state index in [1.54, 1.807) is 17.2 Å². The first kappa shape index (κ1) is 22.5. The Hall–Kier alpha value is -2.71. The van der Waals surface area contributed by atoms with Crippen LogP contribution in [0.25, 0.3) is 0 Å². The van der Waals surface area contributed by atoms with E-state index in [4.69, 9.17) is 14.0 Å². The lowest BCUT2D eigenvalue weighted by molar-refractivity contribution is 0.00578. The molecule has 168 valence electrons. The average Bonchev–Trinajstić information content (AvgIpc) is 3.22. The molecule has 32 heavy (non-hydrogen) atoms. The van der Waals surface area contributed by atoms with Crippen molar-refractivity contribution in [3.05, 3.63) is 58.9 Å². The van der Waals surface area contributed by atoms with Gasteiger partial charge in [-0.2, -0.15) is 0 Å². The summed E-state index contributed by atoms with van der Waals surface area (Å²) in [4.78, 5) is 30.4. The Bertz CT molecular complexity index is 1020. The van der Waals surface area contributed by atoms with Gasteiger partial charge in [-0.25, -0.2) is 4.79 Å². The van der Waals surface area contributed by atoms with Gasteiger partial charge in [0.15, 0.2) is 5.78 Å². The second kappa shape index (κ2) is 8.33. The summed E-state index contributed by atoms with van der Waals surface area (Å²) >= 11 is 0. The summed E-state index contributed by atoms with van der Waals surface area (Å²) in [7, 11) is -0.468. The second-order valence-corrected chi connectivity index (χ2v) is 9.41. The summed E-state index contributed by atoms with van der Waals surface area (Å²) in [6.07, 6.45) is 1.57. The highest BCUT2D eigenvalue weighted by atomic mass is 16.7. The predicted octanol–water partition coefficient (Wildman–Crippen LogP) is 3.07. The van der Waals surface area contributed by atoms with Crippen LogP contribution in [0, 0.1) is 6.92 Å². The van der Waals surface area contributed by atoms with E-state index in [0.717, 1.165) is 22.2 Å². The van der Waals surface area contributed by atoms with Gasteiger partial charge in [0, 0.05) is 12.6 Å². The maximum Gasteiger partial charge on any atom is 0.495 e. The van der Waals surface area contributed by atoms with Crippen molar-refractivity contribution in [2.24, 2.45) is 0 Å². The van der Waals surface area contributed by atoms with Crippen LogP contribution in [0.1, 0.15) is 54.9 Å². The highest BCUT2D eigenvalue weighted by Crippen LogP contribution is 2.36. The molecule has 2 saturated heterocycles. The molecular formula is C24H29BN2O5. The summed E-state index contributed by atoms with van der Waals surface area (Å²) in [6, 6.07) is 9.42. The average molecular weight is 436 g/mol. The van der Waals surface area contributed by atoms with E-state index in [1.807, 2.05) is 58.9 Å². The minimum Gasteiger partial charge on any atom is -0.448 e. The van der Waals surface area contributed by atoms with E-state index in [0.29, 0.717) is 25.4 Å². The van der Waals surface area contributed by atoms with Gasteiger partial charge in [0.1, 0.15) is 12.3 Å². The number of hydrogen-bond acceptors (Lipinski definition) is 6. The van der Waals surface area contributed by atoms with E-state index in [-0.39, 0.29) is 18.3 Å². The zero-order valence-electron chi connectivity index (χ0n) is 19.3. The van der Waals surface area contributed by atoms with E-state index in [2.05, 4.69) is 4.98 Å². The molecule has 0 bridgehead atoms. The molecule has 0 radical (unpaired) electrons. The number of rotatable bonds is 6. The molecule has 2 aliphatic heterocycles. The Morgan fingerprint density at radius 3 is 2.44 bits per heavy atom. The quantitative estimate of drug-likeness (QED) is 0.512. The number of cyclic esters (lactones) is 1. The number of amides is 1. The van der Waals surface area contributed by atoms with Crippen LogP contribution >= 0.6 is 0 Å². The topological polar surface area (TPSA) is 78.0 Å². The smallest absolute Gasteiger partial charge is 0.448 e. The molecule has 2 fully saturated rings. The van der Waals surface area contributed by atoms with Crippen molar-refractivity contribution >= 4 is 24.5 Å². The van der Waals surface area contributed by atoms with Crippen molar-refractivity contribution in [2.45, 2.75) is 58.8 Å². The summed E-state index contributed by atoms with van der Waals surface area (Å²) in [5.41, 5.74) is 3.27. The molecule has 0 atom stereocenters. The van der Waals surface area contributed by atoms with Crippen molar-refractivity contribution < 1.29 is 23.6 Å². The largest absolute Gasteiger partial charge is 0.495 e. The molecule has 2 aromatic rings. The summed E-state index contributed by atoms with van der Waals surface area (Å²) in [6.45, 7) is 11.5. The Balaban J connectivity index is 1.46. The number of carbonyl (C=O) groups excluding carboxylic acids is 2. The fraction of sp³-hybridized carbons (Fsp3) is 0.458. The summed E-state index contributed by atoms with van der Waals surface area (Å²) < 4.78 is 17.3. The van der Waals surface area contributed by atoms with Crippen molar-refractivity contribution in [1.29, 1.82) is 0 Å². The van der Waals surface area contributed by atoms with Gasteiger partial charge in [0.2, 0.25) is 0 Å². The van der Waals surface area contributed by atoms with Crippen LogP contribution in [0.4, 0.5) is 4.79 Å². The monoisotopic (exact) mass is 436 g/mol. The van der Waals surface area contributed by atoms with Crippen LogP contribution in [0.5, 0.6) is 0 Å². The number of ether oxygens (including phenoxy) is 1. The number of hydrogen-bond donors (Lipinski definition) is 0. The fourth-order valence-corrected chi connectivity index (χ4v) is 3.86. The number of aromatic nitrogens is 1. The molecule has 1 aromatic heterocycles. The molecule has 0 N–H and O–H groups in total. The SMILES string of the molecule is Cc1c(CC(=O)c2ccc(CN3CCOC3=O)cn2)cccc1B1OC(C)(C)C(C)(C)O1. The zero-order chi connectivity index (χ0) is 23.1. The molecule has 7 nitrogen and oxygen atoms in total. The predicted molar refractivity (Wildman–Crippen MR) is 121 cm³/mol. The molecule has 0 saturated carbocycles. The first-order valence-corrected chi connectivity index (χ1v) is 10.9. The first-order valence-electron chi connectivity index (χ1n) is 10.9. The minimum absolute atomic E-state index is 0.0636. The van der Waals surface area contributed by atoms with Gasteiger partial charge in [0.25, 0.3) is 0 Å². The maximum absolute atomic E-state index is 12.9. The Labute approximate surface area is 189 Å². The molecule has 3 heterocycles. The summed E-state index contributed by atoms with van der Waals surface area (Å²) in [5.74, 6) is -0.0636. The van der Waals surface area contributed by atoms with Crippen LogP contribution in [0.15, 0.2) is 36.5 Å². The molecule has 0 spiro atoms. The van der Waals surface area contributed by atoms with Crippen LogP contribution in [0.3, 0.4) is 0 Å². The second-order valence-electron chi connectivity index (χ2n) is 9.41. The molecule has 8 heteroatoms. The van der Waals surface area contributed by atoms with Gasteiger partial charge in [-0.05, 0) is 62.8 Å². The molecule has 2 aliphatic rings. The fourth-order valence-electron chi connectivity index (χ4n) is 3.86. The van der Waals surface area contributed by atoms with Crippen molar-refractivity contribution in [2.75, 3.05) is 13.2 Å². The Morgan fingerprint density at radius 1 is 1.12 bits per heavy atom. The van der Waals surface area contributed by atoms with Crippen LogP contribution in [-0.4, -0.2) is 53.2 Å². The molecular weight excluding hydrogens is 407 g/mol. The molecule has 1 aromatic carbocycles. The molecule has 0 unspecified atom stereocenters. The number of ketones is 1. The lowest BCUT2D eigenvalue weighted by Crippen LogP contribution is -2.41. The maximum atomic E-state index is 12.9. The normalized spacial score (nSPS) is 19.3. The minimum atomic E-state index is -0.468. The first-order chi connectivity index (χ1) is 15.1. The number of benzene rings is 1. The van der Waals surface area contributed by atoms with Gasteiger partial charge in [-0.1, -0.05) is 24.3 Å². The van der Waals surface area contributed by atoms with Crippen LogP contribution in [0.2, 0.25) is 0 Å². The van der Waals surface area contributed by atoms with Crippen molar-refractivity contribution in [1.82, 2.24) is 9.88 Å². The number of nitrogens with zero attached hydrogens (tertiary/aromatic N) is 2. The van der Waals surface area contributed by atoms with E-state index in [1.165, 1.54) is 0 Å². The summed E-state index contributed by atoms with van der Waals surface area (Å²) in [5, 5.41) is 0. The van der Waals surface area contributed by atoms with Crippen molar-refractivity contribution in [3.63, 3.8) is 0 Å². The van der Waals surface area contributed by atoms with Crippen molar-refractivity contribution in [3.8, 4) is 0 Å². The molecule has 4 rings (SSSR count). The van der Waals surface area contributed by atoms with Gasteiger partial charge in [-0.3, -0.25) is 9.78 Å². The van der Waals surface area contributed by atoms with Crippen LogP contribution in [-0.2, 0) is 27.0 Å². The molecule has 0 aliphatic carbocycles. The van der Waals surface area contributed by atoms with E-state index in [9.17, 15) is 9.59 Å². The highest BCUT2D eigenvalue weighted by Gasteiger charge is 2.52. The van der Waals surface area contributed by atoms with E-state index < -0.39 is 18.3 Å². The number of pyridine rings is 1. The highest BCUT2D eigenvalue weighted by molar-refractivity contribution is 6.62. The van der Waals surface area contributed by atoms with Crippen LogP contribution < -0.4 is 5.46 Å². The zero-order valence-corrected chi connectivity index (χ0v) is 19.3.